The molecule has 2 aromatic rings. The van der Waals surface area contributed by atoms with Gasteiger partial charge in [-0.3, -0.25) is 4.68 Å². The second kappa shape index (κ2) is 6.02. The second-order valence-corrected chi connectivity index (χ2v) is 5.29. The Hall–Kier alpha value is -1.61. The van der Waals surface area contributed by atoms with E-state index >= 15 is 0 Å². The van der Waals surface area contributed by atoms with Crippen LogP contribution in [0.2, 0.25) is 0 Å². The van der Waals surface area contributed by atoms with E-state index in [2.05, 4.69) is 67.7 Å². The van der Waals surface area contributed by atoms with Crippen molar-refractivity contribution < 1.29 is 0 Å². The zero-order chi connectivity index (χ0) is 13.8. The molecule has 2 unspecified atom stereocenters. The molecule has 0 saturated heterocycles. The van der Waals surface area contributed by atoms with Crippen molar-refractivity contribution in [3.05, 3.63) is 53.3 Å². The molecular weight excluding hydrogens is 234 g/mol. The van der Waals surface area contributed by atoms with Crippen LogP contribution < -0.4 is 5.32 Å². The molecule has 0 aliphatic rings. The molecule has 3 nitrogen and oxygen atoms in total. The van der Waals surface area contributed by atoms with E-state index in [1.807, 2.05) is 11.7 Å². The average molecular weight is 257 g/mol. The molecule has 102 valence electrons. The Morgan fingerprint density at radius 2 is 1.89 bits per heavy atom. The summed E-state index contributed by atoms with van der Waals surface area (Å²) in [4.78, 5) is 0. The maximum absolute atomic E-state index is 4.39. The first-order valence-corrected chi connectivity index (χ1v) is 6.86. The van der Waals surface area contributed by atoms with Gasteiger partial charge in [0.25, 0.3) is 0 Å². The van der Waals surface area contributed by atoms with Crippen molar-refractivity contribution >= 4 is 0 Å². The molecule has 0 aliphatic heterocycles. The number of rotatable bonds is 5. The Labute approximate surface area is 115 Å². The number of nitrogens with zero attached hydrogens (tertiary/aromatic N) is 2. The summed E-state index contributed by atoms with van der Waals surface area (Å²) in [7, 11) is 1.97. The minimum Gasteiger partial charge on any atom is -0.309 e. The van der Waals surface area contributed by atoms with Crippen molar-refractivity contribution in [2.75, 3.05) is 6.54 Å². The van der Waals surface area contributed by atoms with Crippen molar-refractivity contribution in [2.45, 2.75) is 32.7 Å². The maximum Gasteiger partial charge on any atom is 0.0641 e. The van der Waals surface area contributed by atoms with Crippen LogP contribution in [0.15, 0.2) is 36.5 Å². The second-order valence-electron chi connectivity index (χ2n) is 5.29. The van der Waals surface area contributed by atoms with Crippen LogP contribution in [0.5, 0.6) is 0 Å². The van der Waals surface area contributed by atoms with Crippen molar-refractivity contribution in [3.8, 4) is 0 Å². The standard InChI is InChI=1S/C16H23N3/c1-12(15-8-6-5-7-9-15)10-17-13(2)16-11-19(4)18-14(16)3/h5-9,11-13,17H,10H2,1-4H3. The highest BCUT2D eigenvalue weighted by atomic mass is 15.3. The third-order valence-corrected chi connectivity index (χ3v) is 3.62. The maximum atomic E-state index is 4.39. The Balaban J connectivity index is 1.94. The first-order chi connectivity index (χ1) is 9.08. The quantitative estimate of drug-likeness (QED) is 0.891. The third-order valence-electron chi connectivity index (χ3n) is 3.62. The van der Waals surface area contributed by atoms with Crippen molar-refractivity contribution in [3.63, 3.8) is 0 Å². The fourth-order valence-electron chi connectivity index (χ4n) is 2.41. The zero-order valence-corrected chi connectivity index (χ0v) is 12.2. The normalized spacial score (nSPS) is 14.3. The third kappa shape index (κ3) is 3.44. The number of hydrogen-bond donors (Lipinski definition) is 1. The van der Waals surface area contributed by atoms with Gasteiger partial charge >= 0.3 is 0 Å². The minimum absolute atomic E-state index is 0.333. The van der Waals surface area contributed by atoms with Gasteiger partial charge in [0.1, 0.15) is 0 Å². The predicted molar refractivity (Wildman–Crippen MR) is 79.2 cm³/mol. The number of benzene rings is 1. The van der Waals surface area contributed by atoms with Gasteiger partial charge in [-0.15, -0.1) is 0 Å². The summed E-state index contributed by atoms with van der Waals surface area (Å²) in [5.41, 5.74) is 3.77. The summed E-state index contributed by atoms with van der Waals surface area (Å²) in [5.74, 6) is 0.514. The summed E-state index contributed by atoms with van der Waals surface area (Å²) in [6.07, 6.45) is 2.10. The Bertz CT molecular complexity index is 516. The van der Waals surface area contributed by atoms with Crippen LogP contribution in [-0.4, -0.2) is 16.3 Å². The van der Waals surface area contributed by atoms with E-state index in [4.69, 9.17) is 0 Å². The number of aromatic nitrogens is 2. The number of hydrogen-bond acceptors (Lipinski definition) is 2. The summed E-state index contributed by atoms with van der Waals surface area (Å²) in [6.45, 7) is 7.49. The van der Waals surface area contributed by atoms with Gasteiger partial charge in [-0.1, -0.05) is 37.3 Å². The van der Waals surface area contributed by atoms with Crippen LogP contribution >= 0.6 is 0 Å². The molecular formula is C16H23N3. The molecule has 0 spiro atoms. The first kappa shape index (κ1) is 13.8. The van der Waals surface area contributed by atoms with Gasteiger partial charge in [0.15, 0.2) is 0 Å². The Kier molecular flexibility index (Phi) is 4.38. The van der Waals surface area contributed by atoms with E-state index < -0.39 is 0 Å². The minimum atomic E-state index is 0.333. The summed E-state index contributed by atoms with van der Waals surface area (Å²) in [5, 5.41) is 7.99. The van der Waals surface area contributed by atoms with Gasteiger partial charge in [0.05, 0.1) is 5.69 Å². The summed E-state index contributed by atoms with van der Waals surface area (Å²) in [6, 6.07) is 11.0. The molecule has 1 heterocycles. The molecule has 0 saturated carbocycles. The first-order valence-electron chi connectivity index (χ1n) is 6.86. The predicted octanol–water partition coefficient (Wildman–Crippen LogP) is 3.18. The molecule has 0 fully saturated rings. The molecule has 2 rings (SSSR count). The fourth-order valence-corrected chi connectivity index (χ4v) is 2.41. The molecule has 0 bridgehead atoms. The molecule has 1 N–H and O–H groups in total. The molecule has 0 radical (unpaired) electrons. The van der Waals surface area contributed by atoms with Crippen LogP contribution in [0.25, 0.3) is 0 Å². The van der Waals surface area contributed by atoms with Crippen LogP contribution in [0.1, 0.15) is 42.6 Å². The van der Waals surface area contributed by atoms with Crippen molar-refractivity contribution in [1.82, 2.24) is 15.1 Å². The lowest BCUT2D eigenvalue weighted by Gasteiger charge is -2.17. The van der Waals surface area contributed by atoms with Crippen LogP contribution in [-0.2, 0) is 7.05 Å². The van der Waals surface area contributed by atoms with Crippen LogP contribution in [0.4, 0.5) is 0 Å². The molecule has 1 aromatic heterocycles. The number of aryl methyl sites for hydroxylation is 2. The van der Waals surface area contributed by atoms with Gasteiger partial charge < -0.3 is 5.32 Å². The monoisotopic (exact) mass is 257 g/mol. The largest absolute Gasteiger partial charge is 0.309 e. The molecule has 2 atom stereocenters. The molecule has 0 aliphatic carbocycles. The van der Waals surface area contributed by atoms with E-state index in [1.165, 1.54) is 11.1 Å². The molecule has 3 heteroatoms. The smallest absolute Gasteiger partial charge is 0.0641 e. The summed E-state index contributed by atoms with van der Waals surface area (Å²) < 4.78 is 1.88. The fraction of sp³-hybridized carbons (Fsp3) is 0.438. The highest BCUT2D eigenvalue weighted by Crippen LogP contribution is 2.18. The van der Waals surface area contributed by atoms with Gasteiger partial charge in [-0.05, 0) is 25.3 Å². The van der Waals surface area contributed by atoms with Crippen LogP contribution in [0.3, 0.4) is 0 Å². The van der Waals surface area contributed by atoms with Gasteiger partial charge in [-0.25, -0.2) is 0 Å². The van der Waals surface area contributed by atoms with E-state index in [0.29, 0.717) is 12.0 Å². The lowest BCUT2D eigenvalue weighted by atomic mass is 10.0. The Morgan fingerprint density at radius 3 is 2.47 bits per heavy atom. The molecule has 1 aromatic carbocycles. The van der Waals surface area contributed by atoms with E-state index in [9.17, 15) is 0 Å². The van der Waals surface area contributed by atoms with Gasteiger partial charge in [-0.2, -0.15) is 5.10 Å². The molecule has 19 heavy (non-hydrogen) atoms. The Morgan fingerprint density at radius 1 is 1.21 bits per heavy atom. The van der Waals surface area contributed by atoms with E-state index in [0.717, 1.165) is 12.2 Å². The zero-order valence-electron chi connectivity index (χ0n) is 12.2. The highest BCUT2D eigenvalue weighted by molar-refractivity contribution is 5.21. The van der Waals surface area contributed by atoms with Crippen LogP contribution in [0, 0.1) is 6.92 Å². The van der Waals surface area contributed by atoms with Crippen molar-refractivity contribution in [2.24, 2.45) is 7.05 Å². The lowest BCUT2D eigenvalue weighted by Crippen LogP contribution is -2.23. The SMILES string of the molecule is Cc1nn(C)cc1C(C)NCC(C)c1ccccc1. The van der Waals surface area contributed by atoms with Gasteiger partial charge in [0, 0.05) is 31.4 Å². The van der Waals surface area contributed by atoms with E-state index in [1.54, 1.807) is 0 Å². The molecule has 0 amide bonds. The van der Waals surface area contributed by atoms with E-state index in [-0.39, 0.29) is 0 Å². The topological polar surface area (TPSA) is 29.9 Å². The van der Waals surface area contributed by atoms with Gasteiger partial charge in [0.2, 0.25) is 0 Å². The number of nitrogens with one attached hydrogen (secondary N) is 1. The highest BCUT2D eigenvalue weighted by Gasteiger charge is 2.13. The average Bonchev–Trinajstić information content (AvgIpc) is 2.75. The van der Waals surface area contributed by atoms with Crippen molar-refractivity contribution in [1.29, 1.82) is 0 Å². The lowest BCUT2D eigenvalue weighted by molar-refractivity contribution is 0.535. The summed E-state index contributed by atoms with van der Waals surface area (Å²) >= 11 is 0.